The fourth-order valence-electron chi connectivity index (χ4n) is 3.01. The first-order valence-corrected chi connectivity index (χ1v) is 11.9. The summed E-state index contributed by atoms with van der Waals surface area (Å²) in [5.41, 5.74) is -0.0252. The van der Waals surface area contributed by atoms with E-state index in [9.17, 15) is 14.0 Å². The average Bonchev–Trinajstić information content (AvgIpc) is 3.41. The summed E-state index contributed by atoms with van der Waals surface area (Å²) in [6.07, 6.45) is 1.62. The normalized spacial score (nSPS) is 13.1. The number of aromatic nitrogens is 4. The molecule has 2 aromatic heterocycles. The van der Waals surface area contributed by atoms with Crippen LogP contribution in [0.3, 0.4) is 0 Å². The maximum absolute atomic E-state index is 14.1. The second-order valence-electron chi connectivity index (χ2n) is 7.35. The number of halogens is 1. The van der Waals surface area contributed by atoms with Gasteiger partial charge in [0, 0.05) is 18.1 Å². The molecule has 8 nitrogen and oxygen atoms in total. The second-order valence-corrected chi connectivity index (χ2v) is 9.55. The average molecular weight is 477 g/mol. The topological polar surface area (TPSA) is 102 Å². The molecule has 0 spiro atoms. The lowest BCUT2D eigenvalue weighted by atomic mass is 10.0. The van der Waals surface area contributed by atoms with Gasteiger partial charge in [-0.3, -0.25) is 9.59 Å². The summed E-state index contributed by atoms with van der Waals surface area (Å²) in [4.78, 5) is 29.3. The number of thioether (sulfide) groups is 1. The maximum atomic E-state index is 14.1. The van der Waals surface area contributed by atoms with Gasteiger partial charge in [0.15, 0.2) is 16.1 Å². The lowest BCUT2D eigenvalue weighted by Crippen LogP contribution is -2.34. The number of nitrogens with zero attached hydrogens (tertiary/aromatic N) is 4. The van der Waals surface area contributed by atoms with Gasteiger partial charge in [-0.25, -0.2) is 9.37 Å². The summed E-state index contributed by atoms with van der Waals surface area (Å²) in [5.74, 6) is -0.755. The van der Waals surface area contributed by atoms with E-state index in [1.165, 1.54) is 41.3 Å². The van der Waals surface area contributed by atoms with Crippen molar-refractivity contribution in [3.05, 3.63) is 53.0 Å². The molecule has 0 aliphatic heterocycles. The highest BCUT2D eigenvalue weighted by Gasteiger charge is 2.28. The van der Waals surface area contributed by atoms with Gasteiger partial charge >= 0.3 is 0 Å². The van der Waals surface area contributed by atoms with Gasteiger partial charge < -0.3 is 15.2 Å². The highest BCUT2D eigenvalue weighted by Crippen LogP contribution is 2.28. The summed E-state index contributed by atoms with van der Waals surface area (Å²) in [6, 6.07) is 5.36. The SMILES string of the molecule is CCn1c(SC(C)C(=O)Nc2nccs2)nnc1C(NC(=O)c1ccccc1F)C(C)C. The Morgan fingerprint density at radius 1 is 1.22 bits per heavy atom. The summed E-state index contributed by atoms with van der Waals surface area (Å²) in [5, 5.41) is 16.7. The van der Waals surface area contributed by atoms with Crippen molar-refractivity contribution in [1.82, 2.24) is 25.1 Å². The second kappa shape index (κ2) is 10.7. The number of carbonyl (C=O) groups is 2. The Morgan fingerprint density at radius 2 is 1.97 bits per heavy atom. The fourth-order valence-corrected chi connectivity index (χ4v) is 4.46. The minimum Gasteiger partial charge on any atom is -0.342 e. The molecule has 11 heteroatoms. The molecule has 0 aliphatic rings. The third kappa shape index (κ3) is 5.52. The van der Waals surface area contributed by atoms with Crippen LogP contribution in [0.2, 0.25) is 0 Å². The van der Waals surface area contributed by atoms with Gasteiger partial charge in [-0.1, -0.05) is 37.7 Å². The van der Waals surface area contributed by atoms with E-state index < -0.39 is 23.0 Å². The Labute approximate surface area is 194 Å². The summed E-state index contributed by atoms with van der Waals surface area (Å²) >= 11 is 2.62. The Morgan fingerprint density at radius 3 is 2.59 bits per heavy atom. The molecular weight excluding hydrogens is 451 g/mol. The van der Waals surface area contributed by atoms with E-state index in [-0.39, 0.29) is 17.4 Å². The predicted molar refractivity (Wildman–Crippen MR) is 123 cm³/mol. The molecule has 2 amide bonds. The van der Waals surface area contributed by atoms with Crippen molar-refractivity contribution in [2.24, 2.45) is 5.92 Å². The zero-order valence-corrected chi connectivity index (χ0v) is 19.8. The monoisotopic (exact) mass is 476 g/mol. The van der Waals surface area contributed by atoms with E-state index in [2.05, 4.69) is 25.8 Å². The number of carbonyl (C=O) groups excluding carboxylic acids is 2. The molecule has 0 saturated heterocycles. The zero-order chi connectivity index (χ0) is 23.3. The van der Waals surface area contributed by atoms with Crippen molar-refractivity contribution in [2.45, 2.75) is 50.7 Å². The minimum atomic E-state index is -0.583. The van der Waals surface area contributed by atoms with Crippen LogP contribution in [0, 0.1) is 11.7 Å². The van der Waals surface area contributed by atoms with Crippen molar-refractivity contribution in [3.8, 4) is 0 Å². The van der Waals surface area contributed by atoms with E-state index in [0.717, 1.165) is 0 Å². The van der Waals surface area contributed by atoms with Crippen LogP contribution in [-0.4, -0.2) is 36.8 Å². The van der Waals surface area contributed by atoms with Crippen LogP contribution in [0.4, 0.5) is 9.52 Å². The summed E-state index contributed by atoms with van der Waals surface area (Å²) in [6.45, 7) is 8.15. The molecule has 2 unspecified atom stereocenters. The molecule has 2 atom stereocenters. The lowest BCUT2D eigenvalue weighted by Gasteiger charge is -2.23. The van der Waals surface area contributed by atoms with Crippen molar-refractivity contribution in [3.63, 3.8) is 0 Å². The predicted octanol–water partition coefficient (Wildman–Crippen LogP) is 4.14. The van der Waals surface area contributed by atoms with Gasteiger partial charge in [0.25, 0.3) is 5.91 Å². The van der Waals surface area contributed by atoms with Crippen LogP contribution < -0.4 is 10.6 Å². The first-order valence-electron chi connectivity index (χ1n) is 10.2. The maximum Gasteiger partial charge on any atom is 0.254 e. The zero-order valence-electron chi connectivity index (χ0n) is 18.2. The molecule has 0 fully saturated rings. The van der Waals surface area contributed by atoms with Crippen molar-refractivity contribution >= 4 is 40.0 Å². The lowest BCUT2D eigenvalue weighted by molar-refractivity contribution is -0.115. The Hall–Kier alpha value is -2.79. The fraction of sp³-hybridized carbons (Fsp3) is 0.381. The molecule has 0 radical (unpaired) electrons. The molecule has 1 aromatic carbocycles. The Kier molecular flexibility index (Phi) is 7.97. The number of nitrogens with one attached hydrogen (secondary N) is 2. The number of anilines is 1. The molecule has 0 bridgehead atoms. The number of hydrogen-bond donors (Lipinski definition) is 2. The number of benzene rings is 1. The number of hydrogen-bond acceptors (Lipinski definition) is 7. The Balaban J connectivity index is 1.78. The van der Waals surface area contributed by atoms with E-state index in [1.54, 1.807) is 24.6 Å². The molecule has 2 N–H and O–H groups in total. The summed E-state index contributed by atoms with van der Waals surface area (Å²) in [7, 11) is 0. The van der Waals surface area contributed by atoms with Crippen LogP contribution >= 0.6 is 23.1 Å². The molecule has 32 heavy (non-hydrogen) atoms. The van der Waals surface area contributed by atoms with E-state index in [0.29, 0.717) is 22.7 Å². The van der Waals surface area contributed by atoms with Gasteiger partial charge in [0.2, 0.25) is 5.91 Å². The van der Waals surface area contributed by atoms with E-state index in [1.807, 2.05) is 25.3 Å². The molecule has 3 rings (SSSR count). The van der Waals surface area contributed by atoms with Crippen LogP contribution in [0.15, 0.2) is 41.0 Å². The van der Waals surface area contributed by atoms with Gasteiger partial charge in [-0.05, 0) is 31.9 Å². The van der Waals surface area contributed by atoms with Crippen molar-refractivity contribution in [2.75, 3.05) is 5.32 Å². The third-order valence-corrected chi connectivity index (χ3v) is 6.49. The number of amides is 2. The number of thiazole rings is 1. The largest absolute Gasteiger partial charge is 0.342 e. The van der Waals surface area contributed by atoms with Gasteiger partial charge in [-0.2, -0.15) is 0 Å². The highest BCUT2D eigenvalue weighted by molar-refractivity contribution is 8.00. The molecular formula is C21H25FN6O2S2. The van der Waals surface area contributed by atoms with Crippen molar-refractivity contribution < 1.29 is 14.0 Å². The molecule has 170 valence electrons. The smallest absolute Gasteiger partial charge is 0.254 e. The van der Waals surface area contributed by atoms with Crippen LogP contribution in [0.1, 0.15) is 49.9 Å². The molecule has 3 aromatic rings. The highest BCUT2D eigenvalue weighted by atomic mass is 32.2. The van der Waals surface area contributed by atoms with Gasteiger partial charge in [0.1, 0.15) is 5.82 Å². The first kappa shape index (κ1) is 23.9. The standard InChI is InChI=1S/C21H25FN6O2S2/c1-5-28-17(16(12(2)3)24-19(30)14-8-6-7-9-15(14)22)26-27-21(28)32-13(4)18(29)25-20-23-10-11-31-20/h6-13,16H,5H2,1-4H3,(H,24,30)(H,23,25,29). The Bertz CT molecular complexity index is 1070. The van der Waals surface area contributed by atoms with Crippen LogP contribution in [0.25, 0.3) is 0 Å². The summed E-state index contributed by atoms with van der Waals surface area (Å²) < 4.78 is 15.9. The van der Waals surface area contributed by atoms with Crippen LogP contribution in [0.5, 0.6) is 0 Å². The number of rotatable bonds is 9. The van der Waals surface area contributed by atoms with E-state index >= 15 is 0 Å². The molecule has 2 heterocycles. The van der Waals surface area contributed by atoms with Crippen LogP contribution in [-0.2, 0) is 11.3 Å². The van der Waals surface area contributed by atoms with E-state index in [4.69, 9.17) is 0 Å². The van der Waals surface area contributed by atoms with Crippen molar-refractivity contribution in [1.29, 1.82) is 0 Å². The van der Waals surface area contributed by atoms with Gasteiger partial charge in [-0.15, -0.1) is 21.5 Å². The molecule has 0 aliphatic carbocycles. The minimum absolute atomic E-state index is 0.0244. The molecule has 0 saturated carbocycles. The van der Waals surface area contributed by atoms with Gasteiger partial charge in [0.05, 0.1) is 16.9 Å². The third-order valence-electron chi connectivity index (χ3n) is 4.73. The first-order chi connectivity index (χ1) is 15.3. The quantitative estimate of drug-likeness (QED) is 0.450.